The number of aliphatic carboxylic acids is 1. The van der Waals surface area contributed by atoms with Crippen LogP contribution in [0.25, 0.3) is 11.4 Å². The number of nitrogens with zero attached hydrogens (tertiary/aromatic N) is 2. The molecule has 0 aliphatic carbocycles. The van der Waals surface area contributed by atoms with Crippen LogP contribution in [0.4, 0.5) is 0 Å². The fraction of sp³-hybridized carbons (Fsp3) is 0.286. The fourth-order valence-electron chi connectivity index (χ4n) is 2.10. The number of aromatic nitrogens is 2. The van der Waals surface area contributed by atoms with Crippen molar-refractivity contribution >= 4 is 5.97 Å². The van der Waals surface area contributed by atoms with Crippen LogP contribution in [0.3, 0.4) is 0 Å². The summed E-state index contributed by atoms with van der Waals surface area (Å²) in [7, 11) is 0. The second-order valence-corrected chi connectivity index (χ2v) is 4.20. The number of benzene rings is 1. The van der Waals surface area contributed by atoms with E-state index in [4.69, 9.17) is 5.11 Å². The monoisotopic (exact) mass is 244 g/mol. The number of carboxylic acid groups (broad SMARTS) is 1. The van der Waals surface area contributed by atoms with Gasteiger partial charge < -0.3 is 9.67 Å². The van der Waals surface area contributed by atoms with E-state index in [2.05, 4.69) is 4.98 Å². The molecule has 0 saturated carbocycles. The maximum Gasteiger partial charge on any atom is 0.309 e. The topological polar surface area (TPSA) is 55.1 Å². The van der Waals surface area contributed by atoms with Crippen LogP contribution in [-0.2, 0) is 17.8 Å². The van der Waals surface area contributed by atoms with E-state index in [0.29, 0.717) is 6.54 Å². The average Bonchev–Trinajstić information content (AvgIpc) is 2.71. The third-order valence-corrected chi connectivity index (χ3v) is 2.97. The van der Waals surface area contributed by atoms with Crippen molar-refractivity contribution < 1.29 is 9.90 Å². The van der Waals surface area contributed by atoms with Gasteiger partial charge in [-0.25, -0.2) is 4.98 Å². The van der Waals surface area contributed by atoms with E-state index in [1.165, 1.54) is 0 Å². The normalized spacial score (nSPS) is 10.6. The lowest BCUT2D eigenvalue weighted by molar-refractivity contribution is -0.136. The molecule has 1 aromatic heterocycles. The molecule has 0 bridgehead atoms. The van der Waals surface area contributed by atoms with Crippen molar-refractivity contribution in [2.75, 3.05) is 0 Å². The molecular weight excluding hydrogens is 228 g/mol. The van der Waals surface area contributed by atoms with Crippen molar-refractivity contribution in [1.82, 2.24) is 9.55 Å². The number of rotatable bonds is 4. The van der Waals surface area contributed by atoms with Crippen LogP contribution in [0, 0.1) is 6.92 Å². The molecule has 0 unspecified atom stereocenters. The Labute approximate surface area is 106 Å². The van der Waals surface area contributed by atoms with Crippen molar-refractivity contribution in [3.05, 3.63) is 41.7 Å². The number of hydrogen-bond donors (Lipinski definition) is 1. The first-order valence-electron chi connectivity index (χ1n) is 5.95. The number of hydrogen-bond acceptors (Lipinski definition) is 2. The number of carbonyl (C=O) groups is 1. The van der Waals surface area contributed by atoms with E-state index < -0.39 is 5.97 Å². The van der Waals surface area contributed by atoms with Crippen LogP contribution >= 0.6 is 0 Å². The third-order valence-electron chi connectivity index (χ3n) is 2.97. The molecule has 0 atom stereocenters. The summed E-state index contributed by atoms with van der Waals surface area (Å²) in [6.45, 7) is 4.74. The van der Waals surface area contributed by atoms with Crippen LogP contribution in [-0.4, -0.2) is 20.6 Å². The molecule has 4 heteroatoms. The van der Waals surface area contributed by atoms with Crippen LogP contribution in [0.15, 0.2) is 30.5 Å². The van der Waals surface area contributed by atoms with Crippen LogP contribution in [0.2, 0.25) is 0 Å². The molecule has 0 radical (unpaired) electrons. The summed E-state index contributed by atoms with van der Waals surface area (Å²) < 4.78 is 1.95. The third kappa shape index (κ3) is 2.27. The Morgan fingerprint density at radius 3 is 2.72 bits per heavy atom. The van der Waals surface area contributed by atoms with Gasteiger partial charge >= 0.3 is 5.97 Å². The molecule has 0 saturated heterocycles. The minimum atomic E-state index is -0.832. The SMILES string of the molecule is CCn1c(CC(=O)O)cnc1-c1ccccc1C. The molecule has 2 rings (SSSR count). The molecule has 18 heavy (non-hydrogen) atoms. The highest BCUT2D eigenvalue weighted by molar-refractivity contribution is 5.70. The van der Waals surface area contributed by atoms with Crippen molar-refractivity contribution in [1.29, 1.82) is 0 Å². The minimum Gasteiger partial charge on any atom is -0.481 e. The van der Waals surface area contributed by atoms with E-state index in [-0.39, 0.29) is 6.42 Å². The molecule has 2 aromatic rings. The second kappa shape index (κ2) is 5.04. The Morgan fingerprint density at radius 1 is 1.39 bits per heavy atom. The zero-order valence-corrected chi connectivity index (χ0v) is 10.6. The predicted molar refractivity (Wildman–Crippen MR) is 69.4 cm³/mol. The Balaban J connectivity index is 2.49. The highest BCUT2D eigenvalue weighted by Crippen LogP contribution is 2.23. The van der Waals surface area contributed by atoms with Gasteiger partial charge in [0.2, 0.25) is 0 Å². The molecule has 0 amide bonds. The molecule has 94 valence electrons. The molecular formula is C14H16N2O2. The van der Waals surface area contributed by atoms with Gasteiger partial charge in [0.25, 0.3) is 0 Å². The Bertz CT molecular complexity index is 573. The van der Waals surface area contributed by atoms with Gasteiger partial charge in [-0.3, -0.25) is 4.79 Å². The van der Waals surface area contributed by atoms with Gasteiger partial charge in [0, 0.05) is 24.0 Å². The number of imidazole rings is 1. The number of carboxylic acids is 1. The zero-order valence-electron chi connectivity index (χ0n) is 10.6. The largest absolute Gasteiger partial charge is 0.481 e. The molecule has 0 aliphatic heterocycles. The molecule has 1 aromatic carbocycles. The van der Waals surface area contributed by atoms with Crippen LogP contribution < -0.4 is 0 Å². The van der Waals surface area contributed by atoms with Gasteiger partial charge in [-0.2, -0.15) is 0 Å². The predicted octanol–water partition coefficient (Wildman–Crippen LogP) is 2.51. The Morgan fingerprint density at radius 2 is 2.11 bits per heavy atom. The summed E-state index contributed by atoms with van der Waals surface area (Å²) in [5.74, 6) is 0.00721. The first-order chi connectivity index (χ1) is 8.63. The molecule has 1 heterocycles. The molecule has 0 fully saturated rings. The lowest BCUT2D eigenvalue weighted by Gasteiger charge is -2.10. The summed E-state index contributed by atoms with van der Waals surface area (Å²) in [5, 5.41) is 8.88. The molecule has 0 spiro atoms. The van der Waals surface area contributed by atoms with Crippen molar-refractivity contribution in [2.24, 2.45) is 0 Å². The average molecular weight is 244 g/mol. The lowest BCUT2D eigenvalue weighted by atomic mass is 10.1. The van der Waals surface area contributed by atoms with Crippen molar-refractivity contribution in [3.63, 3.8) is 0 Å². The summed E-state index contributed by atoms with van der Waals surface area (Å²) in [6, 6.07) is 7.99. The smallest absolute Gasteiger partial charge is 0.309 e. The van der Waals surface area contributed by atoms with Gasteiger partial charge in [-0.05, 0) is 19.4 Å². The first kappa shape index (κ1) is 12.4. The van der Waals surface area contributed by atoms with Crippen molar-refractivity contribution in [2.45, 2.75) is 26.8 Å². The second-order valence-electron chi connectivity index (χ2n) is 4.20. The first-order valence-corrected chi connectivity index (χ1v) is 5.95. The van der Waals surface area contributed by atoms with Gasteiger partial charge in [-0.1, -0.05) is 24.3 Å². The lowest BCUT2D eigenvalue weighted by Crippen LogP contribution is -2.08. The van der Waals surface area contributed by atoms with E-state index in [1.54, 1.807) is 6.20 Å². The van der Waals surface area contributed by atoms with Crippen LogP contribution in [0.1, 0.15) is 18.2 Å². The van der Waals surface area contributed by atoms with Gasteiger partial charge in [0.05, 0.1) is 6.42 Å². The summed E-state index contributed by atoms with van der Waals surface area (Å²) in [5.41, 5.74) is 2.93. The van der Waals surface area contributed by atoms with E-state index >= 15 is 0 Å². The minimum absolute atomic E-state index is 0.00667. The highest BCUT2D eigenvalue weighted by Gasteiger charge is 2.13. The van der Waals surface area contributed by atoms with Gasteiger partial charge in [0.1, 0.15) is 5.82 Å². The molecule has 4 nitrogen and oxygen atoms in total. The van der Waals surface area contributed by atoms with Gasteiger partial charge in [0.15, 0.2) is 0 Å². The van der Waals surface area contributed by atoms with E-state index in [1.807, 2.05) is 42.7 Å². The maximum atomic E-state index is 10.8. The van der Waals surface area contributed by atoms with Crippen molar-refractivity contribution in [3.8, 4) is 11.4 Å². The molecule has 1 N–H and O–H groups in total. The maximum absolute atomic E-state index is 10.8. The van der Waals surface area contributed by atoms with E-state index in [9.17, 15) is 4.79 Å². The van der Waals surface area contributed by atoms with E-state index in [0.717, 1.165) is 22.6 Å². The summed E-state index contributed by atoms with van der Waals surface area (Å²) in [4.78, 5) is 15.2. The standard InChI is InChI=1S/C14H16N2O2/c1-3-16-11(8-13(17)18)9-15-14(16)12-7-5-4-6-10(12)2/h4-7,9H,3,8H2,1-2H3,(H,17,18). The Kier molecular flexibility index (Phi) is 3.46. The summed E-state index contributed by atoms with van der Waals surface area (Å²) >= 11 is 0. The van der Waals surface area contributed by atoms with Gasteiger partial charge in [-0.15, -0.1) is 0 Å². The summed E-state index contributed by atoms with van der Waals surface area (Å²) in [6.07, 6.45) is 1.66. The highest BCUT2D eigenvalue weighted by atomic mass is 16.4. The van der Waals surface area contributed by atoms with Crippen LogP contribution in [0.5, 0.6) is 0 Å². The fourth-order valence-corrected chi connectivity index (χ4v) is 2.10. The number of aryl methyl sites for hydroxylation is 1. The zero-order chi connectivity index (χ0) is 13.1. The molecule has 0 aliphatic rings. The quantitative estimate of drug-likeness (QED) is 0.899. The Hall–Kier alpha value is -2.10.